The molecular formula is C15H24BrNO3. The zero-order chi connectivity index (χ0) is 14.8. The van der Waals surface area contributed by atoms with E-state index >= 15 is 0 Å². The van der Waals surface area contributed by atoms with Crippen LogP contribution in [-0.2, 0) is 11.3 Å². The number of benzene rings is 1. The quantitative estimate of drug-likeness (QED) is 0.660. The van der Waals surface area contributed by atoms with Crippen molar-refractivity contribution in [2.24, 2.45) is 0 Å². The maximum atomic E-state index is 5.82. The Kier molecular flexibility index (Phi) is 8.65. The topological polar surface area (TPSA) is 39.7 Å². The van der Waals surface area contributed by atoms with Crippen LogP contribution in [0.15, 0.2) is 16.6 Å². The number of rotatable bonds is 10. The normalized spacial score (nSPS) is 10.6. The average Bonchev–Trinajstić information content (AvgIpc) is 2.46. The highest BCUT2D eigenvalue weighted by atomic mass is 79.9. The lowest BCUT2D eigenvalue weighted by Gasteiger charge is -2.14. The standard InChI is InChI=1S/C15H24BrNO3/c1-4-17-11-12-9-13(16)15(14(10-12)19-3)20-8-6-5-7-18-2/h9-10,17H,4-8,11H2,1-3H3. The zero-order valence-corrected chi connectivity index (χ0v) is 14.1. The summed E-state index contributed by atoms with van der Waals surface area (Å²) in [5, 5.41) is 3.30. The van der Waals surface area contributed by atoms with Crippen LogP contribution in [0.25, 0.3) is 0 Å². The highest BCUT2D eigenvalue weighted by Gasteiger charge is 2.11. The van der Waals surface area contributed by atoms with Crippen LogP contribution < -0.4 is 14.8 Å². The summed E-state index contributed by atoms with van der Waals surface area (Å²) in [4.78, 5) is 0. The molecule has 0 unspecified atom stereocenters. The van der Waals surface area contributed by atoms with E-state index in [1.165, 1.54) is 5.56 Å². The molecule has 20 heavy (non-hydrogen) atoms. The van der Waals surface area contributed by atoms with Crippen molar-refractivity contribution < 1.29 is 14.2 Å². The summed E-state index contributed by atoms with van der Waals surface area (Å²) < 4.78 is 17.2. The van der Waals surface area contributed by atoms with E-state index in [0.29, 0.717) is 6.61 Å². The van der Waals surface area contributed by atoms with Crippen molar-refractivity contribution in [3.63, 3.8) is 0 Å². The summed E-state index contributed by atoms with van der Waals surface area (Å²) in [6, 6.07) is 4.08. The van der Waals surface area contributed by atoms with Crippen molar-refractivity contribution in [1.29, 1.82) is 0 Å². The van der Waals surface area contributed by atoms with E-state index in [4.69, 9.17) is 14.2 Å². The van der Waals surface area contributed by atoms with Gasteiger partial charge < -0.3 is 19.5 Å². The number of halogens is 1. The molecule has 5 heteroatoms. The number of unbranched alkanes of at least 4 members (excludes halogenated alkanes) is 1. The second-order valence-electron chi connectivity index (χ2n) is 4.44. The van der Waals surface area contributed by atoms with E-state index in [-0.39, 0.29) is 0 Å². The zero-order valence-electron chi connectivity index (χ0n) is 12.5. The van der Waals surface area contributed by atoms with E-state index in [9.17, 15) is 0 Å². The minimum atomic E-state index is 0.658. The fourth-order valence-corrected chi connectivity index (χ4v) is 2.41. The molecule has 0 bridgehead atoms. The molecule has 0 aliphatic heterocycles. The lowest BCUT2D eigenvalue weighted by Crippen LogP contribution is -2.12. The molecule has 0 aliphatic rings. The summed E-state index contributed by atoms with van der Waals surface area (Å²) in [5.41, 5.74) is 1.17. The molecule has 4 nitrogen and oxygen atoms in total. The number of methoxy groups -OCH3 is 2. The van der Waals surface area contributed by atoms with Crippen LogP contribution in [0, 0.1) is 0 Å². The van der Waals surface area contributed by atoms with Crippen molar-refractivity contribution in [3.05, 3.63) is 22.2 Å². The molecular weight excluding hydrogens is 322 g/mol. The van der Waals surface area contributed by atoms with Gasteiger partial charge in [-0.25, -0.2) is 0 Å². The Labute approximate surface area is 129 Å². The number of hydrogen-bond acceptors (Lipinski definition) is 4. The fourth-order valence-electron chi connectivity index (χ4n) is 1.81. The molecule has 0 saturated carbocycles. The minimum Gasteiger partial charge on any atom is -0.493 e. The first kappa shape index (κ1) is 17.3. The van der Waals surface area contributed by atoms with E-state index in [1.807, 2.05) is 6.07 Å². The molecule has 0 aliphatic carbocycles. The van der Waals surface area contributed by atoms with Crippen LogP contribution >= 0.6 is 15.9 Å². The molecule has 0 atom stereocenters. The maximum absolute atomic E-state index is 5.82. The molecule has 0 heterocycles. The van der Waals surface area contributed by atoms with Crippen molar-refractivity contribution >= 4 is 15.9 Å². The van der Waals surface area contributed by atoms with Gasteiger partial charge in [-0.2, -0.15) is 0 Å². The number of ether oxygens (including phenoxy) is 3. The molecule has 0 amide bonds. The third kappa shape index (κ3) is 5.69. The first-order valence-electron chi connectivity index (χ1n) is 6.91. The summed E-state index contributed by atoms with van der Waals surface area (Å²) in [5.74, 6) is 1.53. The molecule has 1 N–H and O–H groups in total. The summed E-state index contributed by atoms with van der Waals surface area (Å²) in [6.45, 7) is 5.27. The average molecular weight is 346 g/mol. The highest BCUT2D eigenvalue weighted by molar-refractivity contribution is 9.10. The smallest absolute Gasteiger partial charge is 0.175 e. The largest absolute Gasteiger partial charge is 0.493 e. The lowest BCUT2D eigenvalue weighted by atomic mass is 10.2. The number of nitrogens with one attached hydrogen (secondary N) is 1. The van der Waals surface area contributed by atoms with Crippen LogP contribution in [0.5, 0.6) is 11.5 Å². The first-order chi connectivity index (χ1) is 9.72. The van der Waals surface area contributed by atoms with Gasteiger partial charge in [0.2, 0.25) is 0 Å². The Bertz CT molecular complexity index is 399. The molecule has 0 radical (unpaired) electrons. The van der Waals surface area contributed by atoms with E-state index in [2.05, 4.69) is 34.2 Å². The van der Waals surface area contributed by atoms with E-state index < -0.39 is 0 Å². The van der Waals surface area contributed by atoms with Gasteiger partial charge in [-0.3, -0.25) is 0 Å². The Balaban J connectivity index is 2.64. The van der Waals surface area contributed by atoms with Crippen molar-refractivity contribution in [3.8, 4) is 11.5 Å². The molecule has 0 fully saturated rings. The predicted molar refractivity (Wildman–Crippen MR) is 84.7 cm³/mol. The monoisotopic (exact) mass is 345 g/mol. The van der Waals surface area contributed by atoms with Crippen LogP contribution in [-0.4, -0.2) is 34.0 Å². The Morgan fingerprint density at radius 1 is 1.15 bits per heavy atom. The highest BCUT2D eigenvalue weighted by Crippen LogP contribution is 2.36. The molecule has 1 rings (SSSR count). The molecule has 0 aromatic heterocycles. The van der Waals surface area contributed by atoms with Gasteiger partial charge in [0.15, 0.2) is 11.5 Å². The lowest BCUT2D eigenvalue weighted by molar-refractivity contribution is 0.183. The van der Waals surface area contributed by atoms with E-state index in [0.717, 1.165) is 48.5 Å². The third-order valence-electron chi connectivity index (χ3n) is 2.86. The molecule has 114 valence electrons. The maximum Gasteiger partial charge on any atom is 0.175 e. The van der Waals surface area contributed by atoms with Gasteiger partial charge in [-0.1, -0.05) is 6.92 Å². The van der Waals surface area contributed by atoms with Gasteiger partial charge >= 0.3 is 0 Å². The summed E-state index contributed by atoms with van der Waals surface area (Å²) in [7, 11) is 3.38. The molecule has 1 aromatic rings. The molecule has 0 spiro atoms. The van der Waals surface area contributed by atoms with Crippen LogP contribution in [0.2, 0.25) is 0 Å². The second-order valence-corrected chi connectivity index (χ2v) is 5.29. The van der Waals surface area contributed by atoms with Crippen LogP contribution in [0.1, 0.15) is 25.3 Å². The van der Waals surface area contributed by atoms with Gasteiger partial charge in [-0.15, -0.1) is 0 Å². The number of hydrogen-bond donors (Lipinski definition) is 1. The summed E-state index contributed by atoms with van der Waals surface area (Å²) in [6.07, 6.45) is 1.96. The van der Waals surface area contributed by atoms with Crippen molar-refractivity contribution in [2.45, 2.75) is 26.3 Å². The van der Waals surface area contributed by atoms with Gasteiger partial charge in [-0.05, 0) is 53.0 Å². The minimum absolute atomic E-state index is 0.658. The van der Waals surface area contributed by atoms with Gasteiger partial charge in [0.05, 0.1) is 18.2 Å². The van der Waals surface area contributed by atoms with Crippen LogP contribution in [0.3, 0.4) is 0 Å². The van der Waals surface area contributed by atoms with Crippen LogP contribution in [0.4, 0.5) is 0 Å². The van der Waals surface area contributed by atoms with Crippen molar-refractivity contribution in [2.75, 3.05) is 34.0 Å². The molecule has 0 saturated heterocycles. The fraction of sp³-hybridized carbons (Fsp3) is 0.600. The van der Waals surface area contributed by atoms with Crippen molar-refractivity contribution in [1.82, 2.24) is 5.32 Å². The molecule has 1 aromatic carbocycles. The third-order valence-corrected chi connectivity index (χ3v) is 3.45. The van der Waals surface area contributed by atoms with Gasteiger partial charge in [0.25, 0.3) is 0 Å². The Hall–Kier alpha value is -0.780. The SMILES string of the molecule is CCNCc1cc(Br)c(OCCCCOC)c(OC)c1. The first-order valence-corrected chi connectivity index (χ1v) is 7.71. The Morgan fingerprint density at radius 3 is 2.55 bits per heavy atom. The second kappa shape index (κ2) is 10.0. The van der Waals surface area contributed by atoms with Gasteiger partial charge in [0.1, 0.15) is 0 Å². The predicted octanol–water partition coefficient (Wildman–Crippen LogP) is 3.37. The van der Waals surface area contributed by atoms with Gasteiger partial charge in [0, 0.05) is 20.3 Å². The summed E-state index contributed by atoms with van der Waals surface area (Å²) >= 11 is 3.56. The Morgan fingerprint density at radius 2 is 1.90 bits per heavy atom. The van der Waals surface area contributed by atoms with E-state index in [1.54, 1.807) is 14.2 Å².